The summed E-state index contributed by atoms with van der Waals surface area (Å²) in [5.74, 6) is -1.10. The summed E-state index contributed by atoms with van der Waals surface area (Å²) in [6.07, 6.45) is 2.31. The van der Waals surface area contributed by atoms with Crippen molar-refractivity contribution >= 4 is 23.6 Å². The Kier molecular flexibility index (Phi) is 4.28. The third kappa shape index (κ3) is 2.88. The third-order valence-electron chi connectivity index (χ3n) is 5.31. The van der Waals surface area contributed by atoms with Crippen LogP contribution in [0.1, 0.15) is 29.6 Å². The first-order valence-electron chi connectivity index (χ1n) is 8.14. The molecule has 134 valence electrons. The zero-order valence-electron chi connectivity index (χ0n) is 13.9. The van der Waals surface area contributed by atoms with Crippen LogP contribution in [-0.4, -0.2) is 48.1 Å². The fourth-order valence-corrected chi connectivity index (χ4v) is 3.94. The average molecular weight is 347 g/mol. The highest BCUT2D eigenvalue weighted by Crippen LogP contribution is 2.49. The molecule has 0 spiro atoms. The molecule has 3 amide bonds. The SMILES string of the molecule is COc1cc(C(N)=O)ccc1NC(=O)N1C[C@@H]2CCC[C@@]2(C(=O)O)C1. The lowest BCUT2D eigenvalue weighted by Crippen LogP contribution is -2.38. The number of ether oxygens (including phenoxy) is 1. The number of methoxy groups -OCH3 is 1. The van der Waals surface area contributed by atoms with Crippen LogP contribution in [0.3, 0.4) is 0 Å². The van der Waals surface area contributed by atoms with Crippen molar-refractivity contribution in [2.45, 2.75) is 19.3 Å². The number of fused-ring (bicyclic) bond motifs is 1. The summed E-state index contributed by atoms with van der Waals surface area (Å²) in [4.78, 5) is 37.1. The Bertz CT molecular complexity index is 735. The van der Waals surface area contributed by atoms with Crippen molar-refractivity contribution in [3.8, 4) is 5.75 Å². The van der Waals surface area contributed by atoms with Crippen molar-refractivity contribution in [1.29, 1.82) is 0 Å². The lowest BCUT2D eigenvalue weighted by Gasteiger charge is -2.23. The van der Waals surface area contributed by atoms with E-state index in [1.807, 2.05) is 0 Å². The first-order chi connectivity index (χ1) is 11.9. The summed E-state index contributed by atoms with van der Waals surface area (Å²) >= 11 is 0. The molecule has 3 rings (SSSR count). The Morgan fingerprint density at radius 2 is 2.16 bits per heavy atom. The molecule has 8 heteroatoms. The Morgan fingerprint density at radius 1 is 1.40 bits per heavy atom. The molecule has 0 radical (unpaired) electrons. The highest BCUT2D eigenvalue weighted by Gasteiger charge is 2.55. The molecule has 1 heterocycles. The second kappa shape index (κ2) is 6.27. The number of carbonyl (C=O) groups excluding carboxylic acids is 2. The van der Waals surface area contributed by atoms with E-state index in [-0.39, 0.29) is 24.1 Å². The summed E-state index contributed by atoms with van der Waals surface area (Å²) in [5.41, 5.74) is 5.09. The number of nitrogens with zero attached hydrogens (tertiary/aromatic N) is 1. The van der Waals surface area contributed by atoms with E-state index in [9.17, 15) is 19.5 Å². The van der Waals surface area contributed by atoms with Gasteiger partial charge in [0.2, 0.25) is 5.91 Å². The maximum Gasteiger partial charge on any atom is 0.321 e. The van der Waals surface area contributed by atoms with Crippen LogP contribution in [0.4, 0.5) is 10.5 Å². The van der Waals surface area contributed by atoms with E-state index in [2.05, 4.69) is 5.32 Å². The van der Waals surface area contributed by atoms with Gasteiger partial charge >= 0.3 is 12.0 Å². The van der Waals surface area contributed by atoms with Crippen molar-refractivity contribution in [2.24, 2.45) is 17.1 Å². The quantitative estimate of drug-likeness (QED) is 0.762. The number of carboxylic acids is 1. The number of nitrogens with two attached hydrogens (primary N) is 1. The zero-order valence-corrected chi connectivity index (χ0v) is 13.9. The molecular weight excluding hydrogens is 326 g/mol. The number of anilines is 1. The van der Waals surface area contributed by atoms with Crippen molar-refractivity contribution in [3.63, 3.8) is 0 Å². The molecule has 0 bridgehead atoms. The monoisotopic (exact) mass is 347 g/mol. The first-order valence-corrected chi connectivity index (χ1v) is 8.14. The maximum absolute atomic E-state index is 12.6. The highest BCUT2D eigenvalue weighted by molar-refractivity contribution is 5.96. The molecule has 8 nitrogen and oxygen atoms in total. The van der Waals surface area contributed by atoms with E-state index in [4.69, 9.17) is 10.5 Å². The van der Waals surface area contributed by atoms with E-state index in [1.165, 1.54) is 19.2 Å². The number of likely N-dealkylation sites (tertiary alicyclic amines) is 1. The van der Waals surface area contributed by atoms with Crippen molar-refractivity contribution in [1.82, 2.24) is 4.90 Å². The summed E-state index contributed by atoms with van der Waals surface area (Å²) in [7, 11) is 1.43. The predicted octanol–water partition coefficient (Wildman–Crippen LogP) is 1.51. The van der Waals surface area contributed by atoms with Crippen LogP contribution in [-0.2, 0) is 4.79 Å². The smallest absolute Gasteiger partial charge is 0.321 e. The average Bonchev–Trinajstić information content (AvgIpc) is 3.13. The standard InChI is InChI=1S/C17H21N3O5/c1-25-13-7-10(14(18)21)4-5-12(13)19-16(24)20-8-11-3-2-6-17(11,9-20)15(22)23/h4-5,7,11H,2-3,6,8-9H2,1H3,(H2,18,21)(H,19,24)(H,22,23)/t11-,17+/m0/s1. The van der Waals surface area contributed by atoms with Gasteiger partial charge in [0.05, 0.1) is 18.2 Å². The van der Waals surface area contributed by atoms with Crippen LogP contribution in [0.5, 0.6) is 5.75 Å². The minimum Gasteiger partial charge on any atom is -0.495 e. The van der Waals surface area contributed by atoms with E-state index in [0.29, 0.717) is 24.4 Å². The van der Waals surface area contributed by atoms with Crippen LogP contribution in [0, 0.1) is 11.3 Å². The minimum absolute atomic E-state index is 0.00474. The molecule has 1 aliphatic carbocycles. The van der Waals surface area contributed by atoms with Gasteiger partial charge in [-0.15, -0.1) is 0 Å². The van der Waals surface area contributed by atoms with Gasteiger partial charge in [0.25, 0.3) is 0 Å². The largest absolute Gasteiger partial charge is 0.495 e. The van der Waals surface area contributed by atoms with Gasteiger partial charge in [0.1, 0.15) is 5.75 Å². The van der Waals surface area contributed by atoms with Crippen molar-refractivity contribution in [3.05, 3.63) is 23.8 Å². The molecule has 0 unspecified atom stereocenters. The summed E-state index contributed by atoms with van der Waals surface area (Å²) in [6, 6.07) is 4.12. The molecule has 1 saturated heterocycles. The van der Waals surface area contributed by atoms with Gasteiger partial charge in [-0.25, -0.2) is 4.79 Å². The molecule has 1 aliphatic heterocycles. The lowest BCUT2D eigenvalue weighted by atomic mass is 9.81. The van der Waals surface area contributed by atoms with Gasteiger partial charge in [-0.05, 0) is 37.0 Å². The molecule has 2 atom stereocenters. The fraction of sp³-hybridized carbons (Fsp3) is 0.471. The van der Waals surface area contributed by atoms with Gasteiger partial charge in [0.15, 0.2) is 0 Å². The molecular formula is C17H21N3O5. The summed E-state index contributed by atoms with van der Waals surface area (Å²) in [6.45, 7) is 0.639. The molecule has 1 aromatic rings. The number of rotatable bonds is 4. The normalized spacial score (nSPS) is 24.7. The van der Waals surface area contributed by atoms with E-state index in [0.717, 1.165) is 12.8 Å². The summed E-state index contributed by atoms with van der Waals surface area (Å²) < 4.78 is 5.20. The third-order valence-corrected chi connectivity index (χ3v) is 5.31. The number of carbonyl (C=O) groups is 3. The number of urea groups is 1. The topological polar surface area (TPSA) is 122 Å². The highest BCUT2D eigenvalue weighted by atomic mass is 16.5. The Labute approximate surface area is 144 Å². The molecule has 1 aromatic carbocycles. The summed E-state index contributed by atoms with van der Waals surface area (Å²) in [5, 5.41) is 12.3. The second-order valence-corrected chi connectivity index (χ2v) is 6.64. The van der Waals surface area contributed by atoms with E-state index < -0.39 is 17.3 Å². The molecule has 1 saturated carbocycles. The van der Waals surface area contributed by atoms with Crippen LogP contribution in [0.25, 0.3) is 0 Å². The Balaban J connectivity index is 1.75. The van der Waals surface area contributed by atoms with E-state index >= 15 is 0 Å². The number of hydrogen-bond acceptors (Lipinski definition) is 4. The predicted molar refractivity (Wildman–Crippen MR) is 89.5 cm³/mol. The number of carboxylic acid groups (broad SMARTS) is 1. The zero-order chi connectivity index (χ0) is 18.2. The van der Waals surface area contributed by atoms with Gasteiger partial charge in [-0.1, -0.05) is 6.42 Å². The van der Waals surface area contributed by atoms with E-state index in [1.54, 1.807) is 11.0 Å². The van der Waals surface area contributed by atoms with Crippen LogP contribution in [0.15, 0.2) is 18.2 Å². The fourth-order valence-electron chi connectivity index (χ4n) is 3.94. The number of amides is 3. The Hall–Kier alpha value is -2.77. The molecule has 2 aliphatic rings. The number of hydrogen-bond donors (Lipinski definition) is 3. The number of primary amides is 1. The van der Waals surface area contributed by atoms with Gasteiger partial charge in [-0.2, -0.15) is 0 Å². The molecule has 0 aromatic heterocycles. The van der Waals surface area contributed by atoms with Crippen LogP contribution in [0.2, 0.25) is 0 Å². The minimum atomic E-state index is -0.825. The van der Waals surface area contributed by atoms with Gasteiger partial charge in [0, 0.05) is 18.7 Å². The lowest BCUT2D eigenvalue weighted by molar-refractivity contribution is -0.149. The maximum atomic E-state index is 12.6. The van der Waals surface area contributed by atoms with Gasteiger partial charge in [-0.3, -0.25) is 9.59 Å². The molecule has 2 fully saturated rings. The number of nitrogens with one attached hydrogen (secondary N) is 1. The number of benzene rings is 1. The van der Waals surface area contributed by atoms with Crippen LogP contribution < -0.4 is 15.8 Å². The molecule has 25 heavy (non-hydrogen) atoms. The molecule has 4 N–H and O–H groups in total. The Morgan fingerprint density at radius 3 is 2.76 bits per heavy atom. The van der Waals surface area contributed by atoms with Crippen LogP contribution >= 0.6 is 0 Å². The second-order valence-electron chi connectivity index (χ2n) is 6.64. The van der Waals surface area contributed by atoms with Crippen molar-refractivity contribution in [2.75, 3.05) is 25.5 Å². The van der Waals surface area contributed by atoms with Crippen molar-refractivity contribution < 1.29 is 24.2 Å². The number of aliphatic carboxylic acids is 1. The first kappa shape index (κ1) is 17.1. The van der Waals surface area contributed by atoms with Gasteiger partial charge < -0.3 is 25.8 Å².